The number of carbonyl (C=O) groups excluding carboxylic acids is 1. The van der Waals surface area contributed by atoms with E-state index in [1.807, 2.05) is 35.9 Å². The highest BCUT2D eigenvalue weighted by molar-refractivity contribution is 6.31. The van der Waals surface area contributed by atoms with E-state index in [1.54, 1.807) is 0 Å². The van der Waals surface area contributed by atoms with Crippen LogP contribution in [0.25, 0.3) is 10.9 Å². The highest BCUT2D eigenvalue weighted by Crippen LogP contribution is 2.22. The second-order valence-electron chi connectivity index (χ2n) is 5.95. The molecule has 0 atom stereocenters. The van der Waals surface area contributed by atoms with Crippen molar-refractivity contribution in [1.29, 1.82) is 0 Å². The van der Waals surface area contributed by atoms with Crippen molar-refractivity contribution in [3.05, 3.63) is 35.0 Å². The van der Waals surface area contributed by atoms with Crippen LogP contribution in [0.15, 0.2) is 24.3 Å². The van der Waals surface area contributed by atoms with Crippen molar-refractivity contribution in [2.75, 3.05) is 26.2 Å². The van der Waals surface area contributed by atoms with Gasteiger partial charge in [0.2, 0.25) is 0 Å². The summed E-state index contributed by atoms with van der Waals surface area (Å²) >= 11 is 6.03. The van der Waals surface area contributed by atoms with E-state index < -0.39 is 0 Å². The van der Waals surface area contributed by atoms with Gasteiger partial charge in [-0.05, 0) is 44.1 Å². The molecule has 1 N–H and O–H groups in total. The van der Waals surface area contributed by atoms with Crippen LogP contribution in [0.5, 0.6) is 0 Å². The molecular weight excluding hydrogens is 298 g/mol. The molecule has 1 aromatic heterocycles. The van der Waals surface area contributed by atoms with Gasteiger partial charge in [-0.25, -0.2) is 0 Å². The number of nitrogens with one attached hydrogen (secondary N) is 1. The Morgan fingerprint density at radius 2 is 2.00 bits per heavy atom. The van der Waals surface area contributed by atoms with Crippen molar-refractivity contribution in [2.24, 2.45) is 7.05 Å². The van der Waals surface area contributed by atoms with Crippen molar-refractivity contribution in [1.82, 2.24) is 14.8 Å². The van der Waals surface area contributed by atoms with Gasteiger partial charge in [0.25, 0.3) is 5.91 Å². The first-order valence-corrected chi connectivity index (χ1v) is 8.28. The van der Waals surface area contributed by atoms with Gasteiger partial charge < -0.3 is 14.8 Å². The molecule has 1 fully saturated rings. The van der Waals surface area contributed by atoms with Crippen LogP contribution in [-0.4, -0.2) is 41.6 Å². The maximum Gasteiger partial charge on any atom is 0.267 e. The third-order valence-electron chi connectivity index (χ3n) is 4.40. The standard InChI is InChI=1S/C17H22ClN3O/c1-20-15-12-14(18)6-5-13(15)11-16(20)17(22)19-7-10-21-8-3-2-4-9-21/h5-6,11-12H,2-4,7-10H2,1H3,(H,19,22). The maximum atomic E-state index is 12.4. The van der Waals surface area contributed by atoms with Crippen molar-refractivity contribution in [3.8, 4) is 0 Å². The predicted molar refractivity (Wildman–Crippen MR) is 90.6 cm³/mol. The Morgan fingerprint density at radius 1 is 1.23 bits per heavy atom. The summed E-state index contributed by atoms with van der Waals surface area (Å²) in [6.07, 6.45) is 3.89. The van der Waals surface area contributed by atoms with Crippen LogP contribution in [0.1, 0.15) is 29.8 Å². The van der Waals surface area contributed by atoms with Crippen LogP contribution in [0, 0.1) is 0 Å². The molecule has 4 nitrogen and oxygen atoms in total. The minimum atomic E-state index is -0.0215. The van der Waals surface area contributed by atoms with E-state index in [0.29, 0.717) is 17.3 Å². The van der Waals surface area contributed by atoms with Gasteiger partial charge in [0, 0.05) is 36.1 Å². The molecule has 0 aliphatic carbocycles. The van der Waals surface area contributed by atoms with Crippen LogP contribution in [0.3, 0.4) is 0 Å². The summed E-state index contributed by atoms with van der Waals surface area (Å²) < 4.78 is 1.90. The number of aromatic nitrogens is 1. The predicted octanol–water partition coefficient (Wildman–Crippen LogP) is 3.05. The first kappa shape index (κ1) is 15.4. The third-order valence-corrected chi connectivity index (χ3v) is 4.64. The minimum absolute atomic E-state index is 0.0215. The second kappa shape index (κ2) is 6.71. The average Bonchev–Trinajstić information content (AvgIpc) is 2.85. The first-order chi connectivity index (χ1) is 10.6. The Labute approximate surface area is 136 Å². The molecule has 118 valence electrons. The number of fused-ring (bicyclic) bond motifs is 1. The Kier molecular flexibility index (Phi) is 4.69. The lowest BCUT2D eigenvalue weighted by Gasteiger charge is -2.26. The Morgan fingerprint density at radius 3 is 2.77 bits per heavy atom. The van der Waals surface area contributed by atoms with Crippen molar-refractivity contribution < 1.29 is 4.79 Å². The van der Waals surface area contributed by atoms with Crippen LogP contribution < -0.4 is 5.32 Å². The molecule has 1 amide bonds. The van der Waals surface area contributed by atoms with E-state index in [1.165, 1.54) is 19.3 Å². The lowest BCUT2D eigenvalue weighted by molar-refractivity contribution is 0.0939. The topological polar surface area (TPSA) is 37.3 Å². The Bertz CT molecular complexity index is 674. The van der Waals surface area contributed by atoms with Crippen LogP contribution >= 0.6 is 11.6 Å². The van der Waals surface area contributed by atoms with E-state index in [4.69, 9.17) is 11.6 Å². The molecule has 2 heterocycles. The molecule has 1 saturated heterocycles. The SMILES string of the molecule is Cn1c(C(=O)NCCN2CCCCC2)cc2ccc(Cl)cc21. The average molecular weight is 320 g/mol. The molecule has 0 radical (unpaired) electrons. The molecule has 2 aromatic rings. The zero-order valence-electron chi connectivity index (χ0n) is 12.9. The van der Waals surface area contributed by atoms with Gasteiger partial charge in [-0.1, -0.05) is 24.1 Å². The molecule has 0 spiro atoms. The number of rotatable bonds is 4. The number of piperidine rings is 1. The Hall–Kier alpha value is -1.52. The summed E-state index contributed by atoms with van der Waals surface area (Å²) in [5.74, 6) is -0.0215. The fourth-order valence-electron chi connectivity index (χ4n) is 3.12. The van der Waals surface area contributed by atoms with Gasteiger partial charge in [-0.15, -0.1) is 0 Å². The number of nitrogens with zero attached hydrogens (tertiary/aromatic N) is 2. The maximum absolute atomic E-state index is 12.4. The lowest BCUT2D eigenvalue weighted by Crippen LogP contribution is -2.38. The highest BCUT2D eigenvalue weighted by Gasteiger charge is 2.14. The summed E-state index contributed by atoms with van der Waals surface area (Å²) in [5.41, 5.74) is 1.66. The number of likely N-dealkylation sites (tertiary alicyclic amines) is 1. The number of hydrogen-bond acceptors (Lipinski definition) is 2. The minimum Gasteiger partial charge on any atom is -0.349 e. The van der Waals surface area contributed by atoms with Gasteiger partial charge >= 0.3 is 0 Å². The van der Waals surface area contributed by atoms with E-state index in [2.05, 4.69) is 10.2 Å². The quantitative estimate of drug-likeness (QED) is 0.940. The Balaban J connectivity index is 1.63. The molecule has 1 aliphatic rings. The van der Waals surface area contributed by atoms with E-state index in [9.17, 15) is 4.79 Å². The first-order valence-electron chi connectivity index (χ1n) is 7.91. The van der Waals surface area contributed by atoms with Crippen molar-refractivity contribution >= 4 is 28.4 Å². The summed E-state index contributed by atoms with van der Waals surface area (Å²) in [5, 5.41) is 4.75. The van der Waals surface area contributed by atoms with E-state index in [-0.39, 0.29) is 5.91 Å². The molecule has 0 saturated carbocycles. The normalized spacial score (nSPS) is 16.1. The smallest absolute Gasteiger partial charge is 0.267 e. The number of halogens is 1. The van der Waals surface area contributed by atoms with Gasteiger partial charge in [0.15, 0.2) is 0 Å². The van der Waals surface area contributed by atoms with Gasteiger partial charge in [0.1, 0.15) is 5.69 Å². The van der Waals surface area contributed by atoms with Crippen molar-refractivity contribution in [2.45, 2.75) is 19.3 Å². The number of hydrogen-bond donors (Lipinski definition) is 1. The zero-order valence-corrected chi connectivity index (χ0v) is 13.7. The van der Waals surface area contributed by atoms with Crippen molar-refractivity contribution in [3.63, 3.8) is 0 Å². The molecule has 22 heavy (non-hydrogen) atoms. The summed E-state index contributed by atoms with van der Waals surface area (Å²) in [7, 11) is 1.90. The fourth-order valence-corrected chi connectivity index (χ4v) is 3.29. The molecule has 3 rings (SSSR count). The van der Waals surface area contributed by atoms with Crippen LogP contribution in [-0.2, 0) is 7.05 Å². The zero-order chi connectivity index (χ0) is 15.5. The largest absolute Gasteiger partial charge is 0.349 e. The fraction of sp³-hybridized carbons (Fsp3) is 0.471. The number of carbonyl (C=O) groups is 1. The van der Waals surface area contributed by atoms with E-state index in [0.717, 1.165) is 30.5 Å². The third kappa shape index (κ3) is 3.28. The molecule has 0 bridgehead atoms. The van der Waals surface area contributed by atoms with Gasteiger partial charge in [0.05, 0.1) is 0 Å². The summed E-state index contributed by atoms with van der Waals surface area (Å²) in [6.45, 7) is 3.94. The van der Waals surface area contributed by atoms with Crippen LogP contribution in [0.2, 0.25) is 5.02 Å². The molecular formula is C17H22ClN3O. The summed E-state index contributed by atoms with van der Waals surface area (Å²) in [6, 6.07) is 7.60. The molecule has 0 unspecified atom stereocenters. The summed E-state index contributed by atoms with van der Waals surface area (Å²) in [4.78, 5) is 14.8. The lowest BCUT2D eigenvalue weighted by atomic mass is 10.1. The van der Waals surface area contributed by atoms with Gasteiger partial charge in [-0.2, -0.15) is 0 Å². The number of amides is 1. The second-order valence-corrected chi connectivity index (χ2v) is 6.39. The number of benzene rings is 1. The number of aryl methyl sites for hydroxylation is 1. The van der Waals surface area contributed by atoms with Crippen LogP contribution in [0.4, 0.5) is 0 Å². The molecule has 1 aromatic carbocycles. The molecule has 5 heteroatoms. The monoisotopic (exact) mass is 319 g/mol. The van der Waals surface area contributed by atoms with Gasteiger partial charge in [-0.3, -0.25) is 4.79 Å². The van der Waals surface area contributed by atoms with E-state index >= 15 is 0 Å². The molecule has 1 aliphatic heterocycles. The highest BCUT2D eigenvalue weighted by atomic mass is 35.5.